The Bertz CT molecular complexity index is 855. The Hall–Kier alpha value is -2.93. The molecule has 2 rings (SSSR count). The molecule has 0 bridgehead atoms. The van der Waals surface area contributed by atoms with Gasteiger partial charge in [-0.3, -0.25) is 14.5 Å². The highest BCUT2D eigenvalue weighted by Gasteiger charge is 2.11. The highest BCUT2D eigenvalue weighted by atomic mass is 19.1. The van der Waals surface area contributed by atoms with Gasteiger partial charge < -0.3 is 15.4 Å². The Balaban J connectivity index is 1.79. The van der Waals surface area contributed by atoms with E-state index in [1.807, 2.05) is 32.0 Å². The standard InChI is InChI=1S/C21H26FN3O3/c1-14-6-5-7-18(15(14)2)24-20(26)11-23-21(27)13-25(3)12-16-8-9-19(28-4)17(22)10-16/h5-10H,11-13H2,1-4H3,(H,23,27)(H,24,26). The molecule has 6 nitrogen and oxygen atoms in total. The van der Waals surface area contributed by atoms with E-state index in [9.17, 15) is 14.0 Å². The van der Waals surface area contributed by atoms with E-state index >= 15 is 0 Å². The van der Waals surface area contributed by atoms with E-state index in [0.717, 1.165) is 22.4 Å². The van der Waals surface area contributed by atoms with E-state index in [0.29, 0.717) is 6.54 Å². The number of halogens is 1. The maximum absolute atomic E-state index is 13.7. The van der Waals surface area contributed by atoms with Gasteiger partial charge in [0.1, 0.15) is 0 Å². The average Bonchev–Trinajstić information content (AvgIpc) is 2.64. The summed E-state index contributed by atoms with van der Waals surface area (Å²) < 4.78 is 18.6. The normalized spacial score (nSPS) is 10.6. The van der Waals surface area contributed by atoms with Crippen molar-refractivity contribution in [1.82, 2.24) is 10.2 Å². The van der Waals surface area contributed by atoms with Crippen LogP contribution in [0.5, 0.6) is 5.75 Å². The fourth-order valence-corrected chi connectivity index (χ4v) is 2.74. The highest BCUT2D eigenvalue weighted by molar-refractivity contribution is 5.95. The van der Waals surface area contributed by atoms with Gasteiger partial charge in [0.05, 0.1) is 20.2 Å². The first-order chi connectivity index (χ1) is 13.3. The molecule has 0 radical (unpaired) electrons. The number of aryl methyl sites for hydroxylation is 1. The SMILES string of the molecule is COc1ccc(CN(C)CC(=O)NCC(=O)Nc2cccc(C)c2C)cc1F. The largest absolute Gasteiger partial charge is 0.494 e. The van der Waals surface area contributed by atoms with Gasteiger partial charge in [0, 0.05) is 12.2 Å². The lowest BCUT2D eigenvalue weighted by Crippen LogP contribution is -2.39. The van der Waals surface area contributed by atoms with Gasteiger partial charge in [0.25, 0.3) is 0 Å². The zero-order chi connectivity index (χ0) is 20.7. The number of carbonyl (C=O) groups excluding carboxylic acids is 2. The van der Waals surface area contributed by atoms with Crippen molar-refractivity contribution in [2.24, 2.45) is 0 Å². The number of benzene rings is 2. The number of carbonyl (C=O) groups is 2. The molecule has 2 amide bonds. The Kier molecular flexibility index (Phi) is 7.52. The first-order valence-corrected chi connectivity index (χ1v) is 8.94. The first kappa shape index (κ1) is 21.4. The molecule has 28 heavy (non-hydrogen) atoms. The van der Waals surface area contributed by atoms with Crippen LogP contribution in [-0.2, 0) is 16.1 Å². The van der Waals surface area contributed by atoms with Crippen LogP contribution in [0.4, 0.5) is 10.1 Å². The number of nitrogens with one attached hydrogen (secondary N) is 2. The molecule has 0 spiro atoms. The maximum Gasteiger partial charge on any atom is 0.243 e. The second-order valence-electron chi connectivity index (χ2n) is 6.71. The predicted octanol–water partition coefficient (Wildman–Crippen LogP) is 2.64. The molecule has 0 saturated carbocycles. The van der Waals surface area contributed by atoms with Crippen LogP contribution in [0.15, 0.2) is 36.4 Å². The molecular formula is C21H26FN3O3. The third-order valence-electron chi connectivity index (χ3n) is 4.41. The molecule has 2 aromatic rings. The van der Waals surface area contributed by atoms with Crippen molar-refractivity contribution < 1.29 is 18.7 Å². The summed E-state index contributed by atoms with van der Waals surface area (Å²) in [5.41, 5.74) is 3.53. The van der Waals surface area contributed by atoms with Gasteiger partial charge in [-0.05, 0) is 55.8 Å². The summed E-state index contributed by atoms with van der Waals surface area (Å²) in [5, 5.41) is 5.39. The van der Waals surface area contributed by atoms with E-state index in [-0.39, 0.29) is 30.7 Å². The van der Waals surface area contributed by atoms with Crippen molar-refractivity contribution in [3.05, 3.63) is 58.9 Å². The highest BCUT2D eigenvalue weighted by Crippen LogP contribution is 2.19. The molecule has 0 atom stereocenters. The smallest absolute Gasteiger partial charge is 0.243 e. The topological polar surface area (TPSA) is 70.7 Å². The number of nitrogens with zero attached hydrogens (tertiary/aromatic N) is 1. The number of methoxy groups -OCH3 is 1. The van der Waals surface area contributed by atoms with Crippen molar-refractivity contribution in [2.45, 2.75) is 20.4 Å². The number of ether oxygens (including phenoxy) is 1. The van der Waals surface area contributed by atoms with Crippen LogP contribution in [0.25, 0.3) is 0 Å². The van der Waals surface area contributed by atoms with Gasteiger partial charge in [0.2, 0.25) is 11.8 Å². The van der Waals surface area contributed by atoms with Gasteiger partial charge in [-0.1, -0.05) is 18.2 Å². The molecule has 7 heteroatoms. The van der Waals surface area contributed by atoms with Gasteiger partial charge in [-0.25, -0.2) is 4.39 Å². The number of hydrogen-bond acceptors (Lipinski definition) is 4. The molecule has 0 fully saturated rings. The Morgan fingerprint density at radius 2 is 1.89 bits per heavy atom. The summed E-state index contributed by atoms with van der Waals surface area (Å²) in [6, 6.07) is 10.3. The number of anilines is 1. The predicted molar refractivity (Wildman–Crippen MR) is 107 cm³/mol. The Morgan fingerprint density at radius 1 is 1.14 bits per heavy atom. The molecule has 0 aliphatic heterocycles. The lowest BCUT2D eigenvalue weighted by molar-refractivity contribution is -0.124. The molecule has 0 unspecified atom stereocenters. The zero-order valence-corrected chi connectivity index (χ0v) is 16.6. The second-order valence-corrected chi connectivity index (χ2v) is 6.71. The summed E-state index contributed by atoms with van der Waals surface area (Å²) in [6.45, 7) is 4.27. The monoisotopic (exact) mass is 387 g/mol. The van der Waals surface area contributed by atoms with E-state index in [4.69, 9.17) is 4.74 Å². The van der Waals surface area contributed by atoms with E-state index < -0.39 is 5.82 Å². The van der Waals surface area contributed by atoms with Crippen molar-refractivity contribution in [2.75, 3.05) is 32.6 Å². The van der Waals surface area contributed by atoms with Crippen LogP contribution in [0.1, 0.15) is 16.7 Å². The van der Waals surface area contributed by atoms with Crippen molar-refractivity contribution in [3.8, 4) is 5.75 Å². The number of amides is 2. The molecule has 0 heterocycles. The molecule has 0 aromatic heterocycles. The van der Waals surface area contributed by atoms with Gasteiger partial charge in [-0.2, -0.15) is 0 Å². The summed E-state index contributed by atoms with van der Waals surface area (Å²) in [5.74, 6) is -0.838. The van der Waals surface area contributed by atoms with E-state index in [2.05, 4.69) is 10.6 Å². The third kappa shape index (κ3) is 6.06. The Morgan fingerprint density at radius 3 is 2.57 bits per heavy atom. The number of hydrogen-bond donors (Lipinski definition) is 2. The second kappa shape index (κ2) is 9.85. The van der Waals surface area contributed by atoms with Crippen LogP contribution in [0, 0.1) is 19.7 Å². The van der Waals surface area contributed by atoms with Gasteiger partial charge in [-0.15, -0.1) is 0 Å². The first-order valence-electron chi connectivity index (χ1n) is 8.94. The fourth-order valence-electron chi connectivity index (χ4n) is 2.74. The molecule has 0 saturated heterocycles. The minimum atomic E-state index is -0.444. The quantitative estimate of drug-likeness (QED) is 0.731. The van der Waals surface area contributed by atoms with Gasteiger partial charge in [0.15, 0.2) is 11.6 Å². The van der Waals surface area contributed by atoms with Crippen LogP contribution in [0.3, 0.4) is 0 Å². The van der Waals surface area contributed by atoms with E-state index in [1.165, 1.54) is 13.2 Å². The molecule has 2 N–H and O–H groups in total. The van der Waals surface area contributed by atoms with Crippen molar-refractivity contribution >= 4 is 17.5 Å². The lowest BCUT2D eigenvalue weighted by atomic mass is 10.1. The van der Waals surface area contributed by atoms with Crippen LogP contribution in [0.2, 0.25) is 0 Å². The molecule has 0 aliphatic carbocycles. The molecule has 2 aromatic carbocycles. The lowest BCUT2D eigenvalue weighted by Gasteiger charge is -2.17. The van der Waals surface area contributed by atoms with E-state index in [1.54, 1.807) is 24.1 Å². The van der Waals surface area contributed by atoms with Crippen molar-refractivity contribution in [3.63, 3.8) is 0 Å². The zero-order valence-electron chi connectivity index (χ0n) is 16.6. The molecule has 0 aliphatic rings. The molecular weight excluding hydrogens is 361 g/mol. The number of likely N-dealkylation sites (N-methyl/N-ethyl adjacent to an activating group) is 1. The minimum Gasteiger partial charge on any atom is -0.494 e. The minimum absolute atomic E-state index is 0.0877. The average molecular weight is 387 g/mol. The number of rotatable bonds is 8. The summed E-state index contributed by atoms with van der Waals surface area (Å²) >= 11 is 0. The molecule has 150 valence electrons. The summed E-state index contributed by atoms with van der Waals surface area (Å²) in [4.78, 5) is 25.9. The Labute approximate surface area is 164 Å². The summed E-state index contributed by atoms with van der Waals surface area (Å²) in [6.07, 6.45) is 0. The van der Waals surface area contributed by atoms with Crippen LogP contribution < -0.4 is 15.4 Å². The van der Waals surface area contributed by atoms with Crippen LogP contribution in [-0.4, -0.2) is 44.0 Å². The summed E-state index contributed by atoms with van der Waals surface area (Å²) in [7, 11) is 3.16. The fraction of sp³-hybridized carbons (Fsp3) is 0.333. The van der Waals surface area contributed by atoms with Crippen LogP contribution >= 0.6 is 0 Å². The maximum atomic E-state index is 13.7. The third-order valence-corrected chi connectivity index (χ3v) is 4.41. The van der Waals surface area contributed by atoms with Gasteiger partial charge >= 0.3 is 0 Å². The van der Waals surface area contributed by atoms with Crippen molar-refractivity contribution in [1.29, 1.82) is 0 Å².